The van der Waals surface area contributed by atoms with Crippen LogP contribution in [0.1, 0.15) is 36.1 Å². The Bertz CT molecular complexity index is 609. The molecule has 0 aliphatic carbocycles. The molecule has 0 fully saturated rings. The van der Waals surface area contributed by atoms with Crippen molar-refractivity contribution in [3.8, 4) is 5.75 Å². The number of para-hydroxylation sites is 1. The maximum Gasteiger partial charge on any atom is 0.127 e. The first-order valence-electron chi connectivity index (χ1n) is 7.53. The van der Waals surface area contributed by atoms with E-state index in [-0.39, 0.29) is 11.9 Å². The molecule has 1 aliphatic heterocycles. The van der Waals surface area contributed by atoms with Crippen molar-refractivity contribution in [1.29, 1.82) is 0 Å². The lowest BCUT2D eigenvalue weighted by molar-refractivity contribution is 0.283. The molecule has 1 unspecified atom stereocenters. The highest BCUT2D eigenvalue weighted by atomic mass is 19.1. The Kier molecular flexibility index (Phi) is 4.20. The topological polar surface area (TPSA) is 21.3 Å². The maximum atomic E-state index is 13.2. The van der Waals surface area contributed by atoms with E-state index in [9.17, 15) is 4.39 Å². The third kappa shape index (κ3) is 2.93. The van der Waals surface area contributed by atoms with Crippen LogP contribution in [0.2, 0.25) is 0 Å². The van der Waals surface area contributed by atoms with Crippen molar-refractivity contribution in [2.45, 2.75) is 25.8 Å². The molecular weight excluding hydrogens is 265 g/mol. The zero-order valence-electron chi connectivity index (χ0n) is 12.2. The first-order valence-corrected chi connectivity index (χ1v) is 7.53. The number of hydrogen-bond acceptors (Lipinski definition) is 2. The molecule has 0 amide bonds. The lowest BCUT2D eigenvalue weighted by atomic mass is 9.93. The summed E-state index contributed by atoms with van der Waals surface area (Å²) in [6.45, 7) is 3.69. The average Bonchev–Trinajstić information content (AvgIpc) is 2.53. The standard InChI is InChI=1S/C18H20FNO/c1-2-20-17(13-8-10-15(19)11-9-13)16-7-3-5-14-6-4-12-21-18(14)16/h3,5,7-11,17,20H,2,4,6,12H2,1H3. The number of nitrogens with one attached hydrogen (secondary N) is 1. The fourth-order valence-electron chi connectivity index (χ4n) is 2.91. The molecule has 2 aromatic rings. The van der Waals surface area contributed by atoms with Crippen LogP contribution < -0.4 is 10.1 Å². The Hall–Kier alpha value is -1.87. The second kappa shape index (κ2) is 6.27. The Morgan fingerprint density at radius 1 is 1.19 bits per heavy atom. The molecule has 110 valence electrons. The minimum atomic E-state index is -0.208. The van der Waals surface area contributed by atoms with Crippen molar-refractivity contribution in [1.82, 2.24) is 5.32 Å². The van der Waals surface area contributed by atoms with Gasteiger partial charge in [-0.05, 0) is 42.6 Å². The summed E-state index contributed by atoms with van der Waals surface area (Å²) in [5, 5.41) is 3.48. The predicted octanol–water partition coefficient (Wildman–Crippen LogP) is 3.85. The second-order valence-electron chi connectivity index (χ2n) is 5.33. The molecule has 1 N–H and O–H groups in total. The predicted molar refractivity (Wildman–Crippen MR) is 82.2 cm³/mol. The van der Waals surface area contributed by atoms with Gasteiger partial charge in [-0.3, -0.25) is 0 Å². The van der Waals surface area contributed by atoms with Crippen LogP contribution in [-0.4, -0.2) is 13.2 Å². The highest BCUT2D eigenvalue weighted by molar-refractivity contribution is 5.47. The van der Waals surface area contributed by atoms with Crippen molar-refractivity contribution in [3.05, 3.63) is 65.0 Å². The van der Waals surface area contributed by atoms with Gasteiger partial charge in [0.25, 0.3) is 0 Å². The summed E-state index contributed by atoms with van der Waals surface area (Å²) < 4.78 is 19.1. The number of benzene rings is 2. The number of rotatable bonds is 4. The van der Waals surface area contributed by atoms with Gasteiger partial charge in [0.1, 0.15) is 11.6 Å². The van der Waals surface area contributed by atoms with Crippen LogP contribution in [0.15, 0.2) is 42.5 Å². The summed E-state index contributed by atoms with van der Waals surface area (Å²) in [4.78, 5) is 0. The highest BCUT2D eigenvalue weighted by Crippen LogP contribution is 2.35. The summed E-state index contributed by atoms with van der Waals surface area (Å²) >= 11 is 0. The van der Waals surface area contributed by atoms with Crippen LogP contribution >= 0.6 is 0 Å². The molecule has 2 nitrogen and oxygen atoms in total. The Morgan fingerprint density at radius 2 is 2.00 bits per heavy atom. The highest BCUT2D eigenvalue weighted by Gasteiger charge is 2.21. The summed E-state index contributed by atoms with van der Waals surface area (Å²) in [6, 6.07) is 13.0. The van der Waals surface area contributed by atoms with Gasteiger partial charge in [0.15, 0.2) is 0 Å². The Balaban J connectivity index is 2.03. The van der Waals surface area contributed by atoms with Gasteiger partial charge in [-0.25, -0.2) is 4.39 Å². The molecule has 0 spiro atoms. The van der Waals surface area contributed by atoms with Gasteiger partial charge < -0.3 is 10.1 Å². The van der Waals surface area contributed by atoms with Gasteiger partial charge in [0.05, 0.1) is 12.6 Å². The molecular formula is C18H20FNO. The fraction of sp³-hybridized carbons (Fsp3) is 0.333. The van der Waals surface area contributed by atoms with Crippen molar-refractivity contribution >= 4 is 0 Å². The van der Waals surface area contributed by atoms with E-state index in [0.717, 1.165) is 42.9 Å². The molecule has 0 aromatic heterocycles. The maximum absolute atomic E-state index is 13.2. The summed E-state index contributed by atoms with van der Waals surface area (Å²) in [5.41, 5.74) is 3.46. The van der Waals surface area contributed by atoms with Crippen LogP contribution in [-0.2, 0) is 6.42 Å². The summed E-state index contributed by atoms with van der Waals surface area (Å²) in [5.74, 6) is 0.791. The molecule has 3 heteroatoms. The minimum absolute atomic E-state index is 0.0312. The first-order chi connectivity index (χ1) is 10.3. The molecule has 3 rings (SSSR count). The van der Waals surface area contributed by atoms with E-state index in [4.69, 9.17) is 4.74 Å². The van der Waals surface area contributed by atoms with Gasteiger partial charge in [0.2, 0.25) is 0 Å². The average molecular weight is 285 g/mol. The van der Waals surface area contributed by atoms with Gasteiger partial charge in [0, 0.05) is 5.56 Å². The fourth-order valence-corrected chi connectivity index (χ4v) is 2.91. The third-order valence-corrected chi connectivity index (χ3v) is 3.89. The van der Waals surface area contributed by atoms with Crippen molar-refractivity contribution in [3.63, 3.8) is 0 Å². The Morgan fingerprint density at radius 3 is 2.76 bits per heavy atom. The summed E-state index contributed by atoms with van der Waals surface area (Å²) in [6.07, 6.45) is 2.13. The smallest absolute Gasteiger partial charge is 0.127 e. The SMILES string of the molecule is CCNC(c1ccc(F)cc1)c1cccc2c1OCCC2. The quantitative estimate of drug-likeness (QED) is 0.921. The molecule has 0 saturated heterocycles. The van der Waals surface area contributed by atoms with Crippen LogP contribution in [0.4, 0.5) is 4.39 Å². The zero-order chi connectivity index (χ0) is 14.7. The van der Waals surface area contributed by atoms with Gasteiger partial charge in [-0.1, -0.05) is 37.3 Å². The monoisotopic (exact) mass is 285 g/mol. The van der Waals surface area contributed by atoms with Gasteiger partial charge in [-0.2, -0.15) is 0 Å². The number of fused-ring (bicyclic) bond motifs is 1. The van der Waals surface area contributed by atoms with Crippen LogP contribution in [0.5, 0.6) is 5.75 Å². The molecule has 0 radical (unpaired) electrons. The first kappa shape index (κ1) is 14.1. The van der Waals surface area contributed by atoms with Gasteiger partial charge >= 0.3 is 0 Å². The van der Waals surface area contributed by atoms with E-state index in [2.05, 4.69) is 30.4 Å². The lowest BCUT2D eigenvalue weighted by Gasteiger charge is -2.26. The van der Waals surface area contributed by atoms with Crippen LogP contribution in [0, 0.1) is 5.82 Å². The molecule has 0 bridgehead atoms. The molecule has 2 aromatic carbocycles. The molecule has 0 saturated carbocycles. The molecule has 1 heterocycles. The van der Waals surface area contributed by atoms with Crippen molar-refractivity contribution < 1.29 is 9.13 Å². The number of hydrogen-bond donors (Lipinski definition) is 1. The molecule has 1 atom stereocenters. The number of aryl methyl sites for hydroxylation is 1. The Labute approximate surface area is 125 Å². The van der Waals surface area contributed by atoms with E-state index in [0.29, 0.717) is 0 Å². The normalized spacial score (nSPS) is 15.1. The lowest BCUT2D eigenvalue weighted by Crippen LogP contribution is -2.24. The number of ether oxygens (including phenoxy) is 1. The summed E-state index contributed by atoms with van der Waals surface area (Å²) in [7, 11) is 0. The van der Waals surface area contributed by atoms with Crippen LogP contribution in [0.25, 0.3) is 0 Å². The largest absolute Gasteiger partial charge is 0.493 e. The van der Waals surface area contributed by atoms with E-state index in [1.165, 1.54) is 17.7 Å². The van der Waals surface area contributed by atoms with Gasteiger partial charge in [-0.15, -0.1) is 0 Å². The number of halogens is 1. The van der Waals surface area contributed by atoms with Crippen molar-refractivity contribution in [2.24, 2.45) is 0 Å². The van der Waals surface area contributed by atoms with Crippen LogP contribution in [0.3, 0.4) is 0 Å². The molecule has 21 heavy (non-hydrogen) atoms. The minimum Gasteiger partial charge on any atom is -0.493 e. The van der Waals surface area contributed by atoms with E-state index < -0.39 is 0 Å². The van der Waals surface area contributed by atoms with E-state index >= 15 is 0 Å². The second-order valence-corrected chi connectivity index (χ2v) is 5.33. The third-order valence-electron chi connectivity index (χ3n) is 3.89. The molecule has 1 aliphatic rings. The van der Waals surface area contributed by atoms with Crippen molar-refractivity contribution in [2.75, 3.05) is 13.2 Å². The van der Waals surface area contributed by atoms with E-state index in [1.807, 2.05) is 12.1 Å². The van der Waals surface area contributed by atoms with E-state index in [1.54, 1.807) is 0 Å². The zero-order valence-corrected chi connectivity index (χ0v) is 12.2.